The molecule has 1 saturated heterocycles. The van der Waals surface area contributed by atoms with Crippen molar-refractivity contribution in [2.24, 2.45) is 0 Å². The molecule has 2 aliphatic rings. The van der Waals surface area contributed by atoms with Crippen molar-refractivity contribution in [2.45, 2.75) is 55.8 Å². The van der Waals surface area contributed by atoms with E-state index < -0.39 is 20.5 Å². The zero-order valence-electron chi connectivity index (χ0n) is 15.7. The van der Waals surface area contributed by atoms with Gasteiger partial charge in [-0.1, -0.05) is 6.42 Å². The van der Waals surface area contributed by atoms with Gasteiger partial charge >= 0.3 is 0 Å². The number of hydrogen-bond acceptors (Lipinski definition) is 5. The van der Waals surface area contributed by atoms with E-state index in [1.165, 1.54) is 19.3 Å². The van der Waals surface area contributed by atoms with Crippen LogP contribution < -0.4 is 15.4 Å². The van der Waals surface area contributed by atoms with E-state index in [1.54, 1.807) is 12.1 Å². The molecule has 1 aromatic carbocycles. The molecule has 6 nitrogen and oxygen atoms in total. The first kappa shape index (κ1) is 22.0. The SMILES string of the molecule is CS(=O)(=O)C1(C(=O)Nc2ccc(OC3CCCCC3)cc2)CCNCC1.Cl. The van der Waals surface area contributed by atoms with Crippen molar-refractivity contribution in [1.29, 1.82) is 0 Å². The summed E-state index contributed by atoms with van der Waals surface area (Å²) in [7, 11) is -3.51. The lowest BCUT2D eigenvalue weighted by molar-refractivity contribution is -0.119. The van der Waals surface area contributed by atoms with Crippen LogP contribution in [0.25, 0.3) is 0 Å². The second-order valence-corrected chi connectivity index (χ2v) is 9.70. The topological polar surface area (TPSA) is 84.5 Å². The number of nitrogens with one attached hydrogen (secondary N) is 2. The third-order valence-corrected chi connectivity index (χ3v) is 7.52. The third kappa shape index (κ3) is 5.15. The highest BCUT2D eigenvalue weighted by atomic mass is 35.5. The fourth-order valence-corrected chi connectivity index (χ4v) is 5.17. The quantitative estimate of drug-likeness (QED) is 0.770. The molecule has 3 rings (SSSR count). The molecule has 0 spiro atoms. The van der Waals surface area contributed by atoms with Crippen LogP contribution in [0.3, 0.4) is 0 Å². The predicted octanol–water partition coefficient (Wildman–Crippen LogP) is 2.93. The zero-order valence-corrected chi connectivity index (χ0v) is 17.3. The summed E-state index contributed by atoms with van der Waals surface area (Å²) < 4.78 is 29.3. The minimum Gasteiger partial charge on any atom is -0.490 e. The number of ether oxygens (including phenoxy) is 1. The Morgan fingerprint density at radius 1 is 1.11 bits per heavy atom. The molecular weight excluding hydrogens is 388 g/mol. The molecule has 0 aromatic heterocycles. The number of carbonyl (C=O) groups is 1. The van der Waals surface area contributed by atoms with Crippen LogP contribution in [0, 0.1) is 0 Å². The van der Waals surface area contributed by atoms with Gasteiger partial charge in [0.25, 0.3) is 0 Å². The second-order valence-electron chi connectivity index (χ2n) is 7.37. The molecule has 1 aliphatic heterocycles. The summed E-state index contributed by atoms with van der Waals surface area (Å²) in [5, 5.41) is 5.90. The summed E-state index contributed by atoms with van der Waals surface area (Å²) in [5.74, 6) is 0.344. The first-order valence-electron chi connectivity index (χ1n) is 9.39. The Balaban J connectivity index is 0.00000261. The van der Waals surface area contributed by atoms with E-state index in [2.05, 4.69) is 10.6 Å². The van der Waals surface area contributed by atoms with E-state index in [4.69, 9.17) is 4.74 Å². The average molecular weight is 417 g/mol. The number of piperidine rings is 1. The van der Waals surface area contributed by atoms with Gasteiger partial charge in [-0.3, -0.25) is 4.79 Å². The van der Waals surface area contributed by atoms with Gasteiger partial charge in [-0.2, -0.15) is 0 Å². The molecule has 8 heteroatoms. The van der Waals surface area contributed by atoms with Crippen molar-refractivity contribution in [2.75, 3.05) is 24.7 Å². The summed E-state index contributed by atoms with van der Waals surface area (Å²) in [6.07, 6.45) is 7.88. The lowest BCUT2D eigenvalue weighted by Gasteiger charge is -2.34. The number of amides is 1. The van der Waals surface area contributed by atoms with Crippen LogP contribution >= 0.6 is 12.4 Å². The summed E-state index contributed by atoms with van der Waals surface area (Å²) in [6.45, 7) is 1.04. The normalized spacial score (nSPS) is 20.3. The smallest absolute Gasteiger partial charge is 0.245 e. The Kier molecular flexibility index (Phi) is 7.54. The molecule has 152 valence electrons. The van der Waals surface area contributed by atoms with E-state index in [1.807, 2.05) is 12.1 Å². The average Bonchev–Trinajstić information content (AvgIpc) is 2.64. The van der Waals surface area contributed by atoms with Gasteiger partial charge in [-0.15, -0.1) is 12.4 Å². The number of benzene rings is 1. The molecular formula is C19H29ClN2O4S. The highest BCUT2D eigenvalue weighted by molar-refractivity contribution is 7.92. The zero-order chi connectivity index (χ0) is 18.6. The molecule has 27 heavy (non-hydrogen) atoms. The van der Waals surface area contributed by atoms with Crippen LogP contribution in [0.1, 0.15) is 44.9 Å². The van der Waals surface area contributed by atoms with E-state index >= 15 is 0 Å². The molecule has 1 heterocycles. The molecule has 2 N–H and O–H groups in total. The van der Waals surface area contributed by atoms with Crippen molar-refractivity contribution in [3.8, 4) is 5.75 Å². The maximum absolute atomic E-state index is 12.8. The lowest BCUT2D eigenvalue weighted by atomic mass is 9.95. The number of halogens is 1. The summed E-state index contributed by atoms with van der Waals surface area (Å²) in [4.78, 5) is 12.8. The number of hydrogen-bond donors (Lipinski definition) is 2. The van der Waals surface area contributed by atoms with Gasteiger partial charge in [-0.25, -0.2) is 8.42 Å². The van der Waals surface area contributed by atoms with Gasteiger partial charge in [-0.05, 0) is 75.9 Å². The van der Waals surface area contributed by atoms with Gasteiger partial charge < -0.3 is 15.4 Å². The van der Waals surface area contributed by atoms with Crippen LogP contribution in [0.4, 0.5) is 5.69 Å². The van der Waals surface area contributed by atoms with Crippen molar-refractivity contribution in [3.63, 3.8) is 0 Å². The minimum absolute atomic E-state index is 0. The third-order valence-electron chi connectivity index (χ3n) is 5.50. The summed E-state index contributed by atoms with van der Waals surface area (Å²) in [5.41, 5.74) is 0.590. The second kappa shape index (κ2) is 9.26. The van der Waals surface area contributed by atoms with Crippen LogP contribution in [-0.2, 0) is 14.6 Å². The minimum atomic E-state index is -3.51. The molecule has 0 bridgehead atoms. The summed E-state index contributed by atoms with van der Waals surface area (Å²) in [6, 6.07) is 7.21. The Labute approximate surface area is 167 Å². The fourth-order valence-electron chi connectivity index (χ4n) is 3.83. The van der Waals surface area contributed by atoms with E-state index in [0.29, 0.717) is 31.6 Å². The van der Waals surface area contributed by atoms with Crippen molar-refractivity contribution >= 4 is 33.8 Å². The lowest BCUT2D eigenvalue weighted by Crippen LogP contribution is -2.55. The first-order chi connectivity index (χ1) is 12.4. The maximum atomic E-state index is 12.8. The van der Waals surface area contributed by atoms with Crippen LogP contribution in [0.2, 0.25) is 0 Å². The largest absolute Gasteiger partial charge is 0.490 e. The standard InChI is InChI=1S/C19H28N2O4S.ClH/c1-26(23,24)19(11-13-20-14-12-19)18(22)21-15-7-9-17(10-8-15)25-16-5-3-2-4-6-16;/h7-10,16,20H,2-6,11-14H2,1H3,(H,21,22);1H. The van der Waals surface area contributed by atoms with Crippen LogP contribution in [0.5, 0.6) is 5.75 Å². The van der Waals surface area contributed by atoms with Crippen molar-refractivity contribution < 1.29 is 17.9 Å². The number of carbonyl (C=O) groups excluding carboxylic acids is 1. The van der Waals surface area contributed by atoms with Gasteiger partial charge in [0, 0.05) is 11.9 Å². The maximum Gasteiger partial charge on any atom is 0.245 e. The van der Waals surface area contributed by atoms with Crippen LogP contribution in [0.15, 0.2) is 24.3 Å². The van der Waals surface area contributed by atoms with E-state index in [9.17, 15) is 13.2 Å². The Bertz CT molecular complexity index is 725. The molecule has 0 unspecified atom stereocenters. The van der Waals surface area contributed by atoms with Gasteiger partial charge in [0.1, 0.15) is 5.75 Å². The molecule has 1 aliphatic carbocycles. The Morgan fingerprint density at radius 3 is 2.26 bits per heavy atom. The highest BCUT2D eigenvalue weighted by Gasteiger charge is 2.48. The van der Waals surface area contributed by atoms with Crippen molar-refractivity contribution in [1.82, 2.24) is 5.32 Å². The Morgan fingerprint density at radius 2 is 1.70 bits per heavy atom. The first-order valence-corrected chi connectivity index (χ1v) is 11.3. The fraction of sp³-hybridized carbons (Fsp3) is 0.632. The van der Waals surface area contributed by atoms with Gasteiger partial charge in [0.05, 0.1) is 6.10 Å². The molecule has 0 atom stereocenters. The predicted molar refractivity (Wildman–Crippen MR) is 109 cm³/mol. The highest BCUT2D eigenvalue weighted by Crippen LogP contribution is 2.30. The molecule has 0 radical (unpaired) electrons. The monoisotopic (exact) mass is 416 g/mol. The van der Waals surface area contributed by atoms with E-state index in [0.717, 1.165) is 24.8 Å². The number of sulfone groups is 1. The van der Waals surface area contributed by atoms with Crippen LogP contribution in [-0.4, -0.2) is 44.5 Å². The summed E-state index contributed by atoms with van der Waals surface area (Å²) >= 11 is 0. The molecule has 2 fully saturated rings. The van der Waals surface area contributed by atoms with E-state index in [-0.39, 0.29) is 18.5 Å². The molecule has 1 aromatic rings. The Hall–Kier alpha value is -1.31. The molecule has 1 saturated carbocycles. The van der Waals surface area contributed by atoms with Gasteiger partial charge in [0.15, 0.2) is 14.6 Å². The number of rotatable bonds is 5. The molecule has 1 amide bonds. The van der Waals surface area contributed by atoms with Gasteiger partial charge in [0.2, 0.25) is 5.91 Å². The number of anilines is 1. The van der Waals surface area contributed by atoms with Crippen molar-refractivity contribution in [3.05, 3.63) is 24.3 Å².